The first-order valence-electron chi connectivity index (χ1n) is 13.8. The Kier molecular flexibility index (Phi) is 8.52. The van der Waals surface area contributed by atoms with E-state index < -0.39 is 23.9 Å². The number of thiophene rings is 1. The molecule has 0 saturated heterocycles. The summed E-state index contributed by atoms with van der Waals surface area (Å²) in [6.07, 6.45) is 1.25. The number of benzene rings is 2. The van der Waals surface area contributed by atoms with Crippen LogP contribution < -0.4 is 10.9 Å². The summed E-state index contributed by atoms with van der Waals surface area (Å²) in [7, 11) is 1.50. The Balaban J connectivity index is 1.47. The number of halogens is 1. The van der Waals surface area contributed by atoms with Gasteiger partial charge in [0.05, 0.1) is 12.2 Å². The zero-order chi connectivity index (χ0) is 30.1. The first-order chi connectivity index (χ1) is 20.1. The van der Waals surface area contributed by atoms with Gasteiger partial charge < -0.3 is 19.4 Å². The van der Waals surface area contributed by atoms with Gasteiger partial charge in [0.15, 0.2) is 6.10 Å². The molecule has 1 amide bonds. The molecule has 4 aromatic rings. The quantitative estimate of drug-likeness (QED) is 0.244. The maximum Gasteiger partial charge on any atom is 0.356 e. The lowest BCUT2D eigenvalue weighted by molar-refractivity contribution is -0.123. The summed E-state index contributed by atoms with van der Waals surface area (Å²) in [4.78, 5) is 54.2. The molecule has 5 rings (SSSR count). The van der Waals surface area contributed by atoms with Crippen LogP contribution in [0, 0.1) is 5.92 Å². The first kappa shape index (κ1) is 29.5. The molecular formula is C32H31ClN2O6S. The van der Waals surface area contributed by atoms with E-state index in [0.717, 1.165) is 29.7 Å². The van der Waals surface area contributed by atoms with E-state index in [9.17, 15) is 19.2 Å². The number of carbonyl (C=O) groups excluding carboxylic acids is 3. The van der Waals surface area contributed by atoms with Crippen LogP contribution >= 0.6 is 22.9 Å². The smallest absolute Gasteiger partial charge is 0.356 e. The van der Waals surface area contributed by atoms with E-state index in [1.807, 2.05) is 0 Å². The minimum Gasteiger partial charge on any atom is -0.462 e. The van der Waals surface area contributed by atoms with Gasteiger partial charge in [-0.2, -0.15) is 0 Å². The third-order valence-corrected chi connectivity index (χ3v) is 8.93. The lowest BCUT2D eigenvalue weighted by Gasteiger charge is -2.19. The second-order valence-corrected chi connectivity index (χ2v) is 12.0. The summed E-state index contributed by atoms with van der Waals surface area (Å²) >= 11 is 7.47. The molecule has 0 radical (unpaired) electrons. The maximum atomic E-state index is 13.7. The van der Waals surface area contributed by atoms with Crippen LogP contribution in [0.25, 0.3) is 21.9 Å². The Morgan fingerprint density at radius 2 is 1.79 bits per heavy atom. The molecule has 2 heterocycles. The van der Waals surface area contributed by atoms with Crippen LogP contribution in [0.15, 0.2) is 53.3 Å². The van der Waals surface area contributed by atoms with Gasteiger partial charge in [0.1, 0.15) is 10.7 Å². The Morgan fingerprint density at radius 3 is 2.48 bits per heavy atom. The molecule has 2 aromatic heterocycles. The molecule has 0 fully saturated rings. The number of carbonyl (C=O) groups is 3. The number of esters is 2. The number of anilines is 1. The van der Waals surface area contributed by atoms with Crippen molar-refractivity contribution >= 4 is 56.6 Å². The standard InChI is InChI=1S/C32H31ClN2O6S/c1-5-40-31(38)26-23-15-10-17(2)16-24(23)42-29(26)34-28(36)18(3)41-32(39)27-25(19-11-13-20(33)14-12-19)21-8-6-7-9-22(21)30(37)35(27)4/h6-9,11-14,17-18H,5,10,15-16H2,1-4H3,(H,34,36). The number of pyridine rings is 1. The molecule has 218 valence electrons. The second kappa shape index (κ2) is 12.1. The van der Waals surface area contributed by atoms with Crippen molar-refractivity contribution in [2.24, 2.45) is 13.0 Å². The van der Waals surface area contributed by atoms with Gasteiger partial charge in [-0.15, -0.1) is 11.3 Å². The van der Waals surface area contributed by atoms with E-state index in [1.54, 1.807) is 55.5 Å². The predicted octanol–water partition coefficient (Wildman–Crippen LogP) is 6.41. The average Bonchev–Trinajstić information content (AvgIpc) is 3.32. The molecule has 2 atom stereocenters. The summed E-state index contributed by atoms with van der Waals surface area (Å²) in [5, 5.41) is 4.73. The van der Waals surface area contributed by atoms with Crippen LogP contribution in [-0.2, 0) is 34.2 Å². The van der Waals surface area contributed by atoms with E-state index in [0.29, 0.717) is 43.4 Å². The van der Waals surface area contributed by atoms with Crippen LogP contribution in [0.4, 0.5) is 5.00 Å². The fourth-order valence-electron chi connectivity index (χ4n) is 5.35. The third kappa shape index (κ3) is 5.58. The zero-order valence-electron chi connectivity index (χ0n) is 23.8. The van der Waals surface area contributed by atoms with Crippen LogP contribution in [-0.4, -0.2) is 35.1 Å². The van der Waals surface area contributed by atoms with E-state index in [4.69, 9.17) is 21.1 Å². The number of ether oxygens (including phenoxy) is 2. The van der Waals surface area contributed by atoms with Crippen molar-refractivity contribution in [2.45, 2.75) is 46.1 Å². The molecule has 2 unspecified atom stereocenters. The molecule has 1 aliphatic rings. The molecule has 0 saturated carbocycles. The SMILES string of the molecule is CCOC(=O)c1c(NC(=O)C(C)OC(=O)c2c(-c3ccc(Cl)cc3)c3ccccc3c(=O)n2C)sc2c1CCC(C)C2. The number of rotatable bonds is 7. The summed E-state index contributed by atoms with van der Waals surface area (Å²) in [6, 6.07) is 13.9. The number of amides is 1. The van der Waals surface area contributed by atoms with Crippen molar-refractivity contribution in [3.05, 3.63) is 85.6 Å². The van der Waals surface area contributed by atoms with Crippen molar-refractivity contribution in [3.8, 4) is 11.1 Å². The number of nitrogens with zero attached hydrogens (tertiary/aromatic N) is 1. The molecular weight excluding hydrogens is 576 g/mol. The van der Waals surface area contributed by atoms with Crippen LogP contribution in [0.1, 0.15) is 58.5 Å². The van der Waals surface area contributed by atoms with Crippen molar-refractivity contribution in [1.29, 1.82) is 0 Å². The number of nitrogens with one attached hydrogen (secondary N) is 1. The molecule has 1 aliphatic carbocycles. The van der Waals surface area contributed by atoms with Crippen LogP contribution in [0.5, 0.6) is 0 Å². The fraction of sp³-hybridized carbons (Fsp3) is 0.312. The summed E-state index contributed by atoms with van der Waals surface area (Å²) in [6.45, 7) is 5.55. The van der Waals surface area contributed by atoms with Gasteiger partial charge in [-0.25, -0.2) is 9.59 Å². The van der Waals surface area contributed by atoms with E-state index in [1.165, 1.54) is 29.9 Å². The Bertz CT molecular complexity index is 1760. The highest BCUT2D eigenvalue weighted by Crippen LogP contribution is 2.40. The number of hydrogen-bond donors (Lipinski definition) is 1. The fourth-order valence-corrected chi connectivity index (χ4v) is 6.88. The Labute approximate surface area is 252 Å². The van der Waals surface area contributed by atoms with E-state index >= 15 is 0 Å². The lowest BCUT2D eigenvalue weighted by Crippen LogP contribution is -2.33. The summed E-state index contributed by atoms with van der Waals surface area (Å²) in [5.74, 6) is -1.45. The molecule has 8 nitrogen and oxygen atoms in total. The molecule has 0 bridgehead atoms. The number of hydrogen-bond acceptors (Lipinski definition) is 7. The molecule has 2 aromatic carbocycles. The van der Waals surface area contributed by atoms with Gasteiger partial charge in [0.2, 0.25) is 0 Å². The third-order valence-electron chi connectivity index (χ3n) is 7.51. The van der Waals surface area contributed by atoms with Gasteiger partial charge in [-0.05, 0) is 73.7 Å². The second-order valence-electron chi connectivity index (χ2n) is 10.5. The highest BCUT2D eigenvalue weighted by molar-refractivity contribution is 7.17. The molecule has 1 N–H and O–H groups in total. The molecule has 0 aliphatic heterocycles. The first-order valence-corrected chi connectivity index (χ1v) is 15.0. The van der Waals surface area contributed by atoms with E-state index in [-0.39, 0.29) is 17.9 Å². The Hall–Kier alpha value is -3.95. The van der Waals surface area contributed by atoms with Crippen molar-refractivity contribution in [2.75, 3.05) is 11.9 Å². The molecule has 0 spiro atoms. The van der Waals surface area contributed by atoms with Crippen LogP contribution in [0.2, 0.25) is 5.02 Å². The monoisotopic (exact) mass is 606 g/mol. The van der Waals surface area contributed by atoms with Gasteiger partial charge in [0, 0.05) is 27.9 Å². The van der Waals surface area contributed by atoms with E-state index in [2.05, 4.69) is 12.2 Å². The summed E-state index contributed by atoms with van der Waals surface area (Å²) < 4.78 is 12.2. The van der Waals surface area contributed by atoms with Crippen molar-refractivity contribution in [1.82, 2.24) is 4.57 Å². The minimum absolute atomic E-state index is 0.00783. The van der Waals surface area contributed by atoms with Crippen molar-refractivity contribution in [3.63, 3.8) is 0 Å². The number of aromatic nitrogens is 1. The Morgan fingerprint density at radius 1 is 1.10 bits per heavy atom. The average molecular weight is 607 g/mol. The molecule has 10 heteroatoms. The highest BCUT2D eigenvalue weighted by Gasteiger charge is 2.31. The zero-order valence-corrected chi connectivity index (χ0v) is 25.4. The van der Waals surface area contributed by atoms with Gasteiger partial charge in [0.25, 0.3) is 11.5 Å². The summed E-state index contributed by atoms with van der Waals surface area (Å²) in [5.41, 5.74) is 2.07. The number of fused-ring (bicyclic) bond motifs is 2. The molecule has 42 heavy (non-hydrogen) atoms. The van der Waals surface area contributed by atoms with Gasteiger partial charge in [-0.3, -0.25) is 9.59 Å². The van der Waals surface area contributed by atoms with Gasteiger partial charge in [-0.1, -0.05) is 48.9 Å². The maximum absolute atomic E-state index is 13.7. The lowest BCUT2D eigenvalue weighted by atomic mass is 9.88. The van der Waals surface area contributed by atoms with Crippen LogP contribution in [0.3, 0.4) is 0 Å². The largest absolute Gasteiger partial charge is 0.462 e. The normalized spacial score (nSPS) is 15.1. The topological polar surface area (TPSA) is 104 Å². The predicted molar refractivity (Wildman–Crippen MR) is 165 cm³/mol. The highest BCUT2D eigenvalue weighted by atomic mass is 35.5. The van der Waals surface area contributed by atoms with Crippen molar-refractivity contribution < 1.29 is 23.9 Å². The minimum atomic E-state index is -1.23. The van der Waals surface area contributed by atoms with Gasteiger partial charge >= 0.3 is 11.9 Å².